The van der Waals surface area contributed by atoms with Crippen LogP contribution in [-0.4, -0.2) is 38.5 Å². The van der Waals surface area contributed by atoms with Crippen molar-refractivity contribution in [3.8, 4) is 11.4 Å². The first-order valence-electron chi connectivity index (χ1n) is 8.93. The van der Waals surface area contributed by atoms with Crippen LogP contribution in [0.15, 0.2) is 58.3 Å². The van der Waals surface area contributed by atoms with Crippen molar-refractivity contribution in [1.82, 2.24) is 25.4 Å². The van der Waals surface area contributed by atoms with Crippen molar-refractivity contribution in [2.24, 2.45) is 0 Å². The maximum absolute atomic E-state index is 12.1. The second kappa shape index (κ2) is 8.30. The quantitative estimate of drug-likeness (QED) is 0.594. The molecule has 1 fully saturated rings. The zero-order chi connectivity index (χ0) is 19.3. The highest BCUT2D eigenvalue weighted by atomic mass is 32.2. The maximum atomic E-state index is 12.1. The average molecular weight is 397 g/mol. The summed E-state index contributed by atoms with van der Waals surface area (Å²) < 4.78 is 7.36. The summed E-state index contributed by atoms with van der Waals surface area (Å²) in [5, 5.41) is 14.2. The molecule has 1 aliphatic carbocycles. The van der Waals surface area contributed by atoms with Crippen molar-refractivity contribution >= 4 is 23.7 Å². The molecule has 0 saturated heterocycles. The van der Waals surface area contributed by atoms with Crippen LogP contribution in [0, 0.1) is 0 Å². The van der Waals surface area contributed by atoms with Gasteiger partial charge in [0.05, 0.1) is 18.6 Å². The Morgan fingerprint density at radius 3 is 2.68 bits per heavy atom. The number of hydrogen-bond donors (Lipinski definition) is 2. The van der Waals surface area contributed by atoms with Crippen molar-refractivity contribution in [2.75, 3.05) is 5.75 Å². The Morgan fingerprint density at radius 1 is 1.14 bits per heavy atom. The summed E-state index contributed by atoms with van der Waals surface area (Å²) in [7, 11) is 0. The highest BCUT2D eigenvalue weighted by Gasteiger charge is 2.24. The van der Waals surface area contributed by atoms with Crippen LogP contribution < -0.4 is 10.6 Å². The van der Waals surface area contributed by atoms with Gasteiger partial charge in [0, 0.05) is 11.6 Å². The molecule has 4 rings (SSSR count). The molecule has 0 bridgehead atoms. The summed E-state index contributed by atoms with van der Waals surface area (Å²) in [6.45, 7) is 0.441. The highest BCUT2D eigenvalue weighted by molar-refractivity contribution is 7.99. The number of nitrogens with zero attached hydrogens (tertiary/aromatic N) is 3. The lowest BCUT2D eigenvalue weighted by atomic mass is 10.2. The van der Waals surface area contributed by atoms with E-state index in [9.17, 15) is 9.59 Å². The van der Waals surface area contributed by atoms with Crippen molar-refractivity contribution < 1.29 is 14.0 Å². The predicted octanol–water partition coefficient (Wildman–Crippen LogP) is 2.67. The van der Waals surface area contributed by atoms with E-state index in [0.29, 0.717) is 17.5 Å². The fourth-order valence-electron chi connectivity index (χ4n) is 2.64. The number of hydrogen-bond acceptors (Lipinski definition) is 6. The minimum atomic E-state index is -0.449. The summed E-state index contributed by atoms with van der Waals surface area (Å²) in [5.74, 6) is 1.12. The van der Waals surface area contributed by atoms with Crippen LogP contribution in [0.4, 0.5) is 4.79 Å². The second-order valence-electron chi connectivity index (χ2n) is 6.42. The van der Waals surface area contributed by atoms with Crippen LogP contribution in [0.5, 0.6) is 0 Å². The van der Waals surface area contributed by atoms with E-state index in [-0.39, 0.29) is 17.7 Å². The van der Waals surface area contributed by atoms with Gasteiger partial charge in [0.25, 0.3) is 0 Å². The second-order valence-corrected chi connectivity index (χ2v) is 7.36. The zero-order valence-electron chi connectivity index (χ0n) is 15.0. The normalized spacial score (nSPS) is 13.3. The van der Waals surface area contributed by atoms with Gasteiger partial charge in [-0.2, -0.15) is 0 Å². The molecule has 3 amide bonds. The number of carbonyl (C=O) groups is 2. The first-order chi connectivity index (χ1) is 13.7. The summed E-state index contributed by atoms with van der Waals surface area (Å²) in [6.07, 6.45) is 3.55. The molecule has 0 spiro atoms. The minimum Gasteiger partial charge on any atom is -0.467 e. The molecular formula is C19H19N5O3S. The van der Waals surface area contributed by atoms with Crippen LogP contribution in [0.3, 0.4) is 0 Å². The number of thioether (sulfide) groups is 1. The number of rotatable bonds is 7. The predicted molar refractivity (Wildman–Crippen MR) is 104 cm³/mol. The van der Waals surface area contributed by atoms with Crippen molar-refractivity contribution in [3.63, 3.8) is 0 Å². The molecule has 2 heterocycles. The number of amides is 3. The molecule has 28 heavy (non-hydrogen) atoms. The Hall–Kier alpha value is -3.07. The van der Waals surface area contributed by atoms with Crippen molar-refractivity contribution in [2.45, 2.75) is 30.6 Å². The zero-order valence-corrected chi connectivity index (χ0v) is 15.8. The van der Waals surface area contributed by atoms with Crippen LogP contribution >= 0.6 is 11.8 Å². The van der Waals surface area contributed by atoms with Gasteiger partial charge < -0.3 is 9.73 Å². The average Bonchev–Trinajstić information content (AvgIpc) is 3.19. The molecule has 8 nitrogen and oxygen atoms in total. The summed E-state index contributed by atoms with van der Waals surface area (Å²) >= 11 is 1.22. The summed E-state index contributed by atoms with van der Waals surface area (Å²) in [6, 6.07) is 13.1. The Labute approximate surface area is 165 Å². The fourth-order valence-corrected chi connectivity index (χ4v) is 3.38. The van der Waals surface area contributed by atoms with Crippen molar-refractivity contribution in [1.29, 1.82) is 0 Å². The smallest absolute Gasteiger partial charge is 0.321 e. The van der Waals surface area contributed by atoms with E-state index >= 15 is 0 Å². The molecule has 2 N–H and O–H groups in total. The molecule has 0 radical (unpaired) electrons. The van der Waals surface area contributed by atoms with E-state index in [2.05, 4.69) is 20.8 Å². The Morgan fingerprint density at radius 2 is 1.96 bits per heavy atom. The molecule has 9 heteroatoms. The monoisotopic (exact) mass is 397 g/mol. The van der Waals surface area contributed by atoms with Gasteiger partial charge in [-0.05, 0) is 25.0 Å². The number of benzene rings is 1. The lowest BCUT2D eigenvalue weighted by Crippen LogP contribution is -2.41. The molecule has 144 valence electrons. The largest absolute Gasteiger partial charge is 0.467 e. The Kier molecular flexibility index (Phi) is 5.43. The van der Waals surface area contributed by atoms with E-state index in [1.54, 1.807) is 6.26 Å². The number of carbonyl (C=O) groups excluding carboxylic acids is 2. The number of urea groups is 1. The Bertz CT molecular complexity index is 951. The van der Waals surface area contributed by atoms with Gasteiger partial charge in [0.15, 0.2) is 11.0 Å². The summed E-state index contributed by atoms with van der Waals surface area (Å²) in [5.41, 5.74) is 0.918. The van der Waals surface area contributed by atoms with E-state index in [1.807, 2.05) is 47.0 Å². The first-order valence-corrected chi connectivity index (χ1v) is 9.92. The van der Waals surface area contributed by atoms with Gasteiger partial charge >= 0.3 is 6.03 Å². The molecule has 1 saturated carbocycles. The number of furan rings is 1. The van der Waals surface area contributed by atoms with Gasteiger partial charge in [0.2, 0.25) is 5.91 Å². The van der Waals surface area contributed by atoms with Crippen LogP contribution in [0.25, 0.3) is 11.4 Å². The first kappa shape index (κ1) is 18.3. The fraction of sp³-hybridized carbons (Fsp3) is 0.263. The Balaban J connectivity index is 1.47. The molecule has 1 aliphatic rings. The van der Waals surface area contributed by atoms with E-state index in [1.165, 1.54) is 11.8 Å². The van der Waals surface area contributed by atoms with E-state index in [0.717, 1.165) is 24.2 Å². The standard InChI is InChI=1S/C19H19N5O3S/c25-16(21-18(26)20-14-8-9-14)12-28-19-23-22-17(13-5-2-1-3-6-13)24(19)11-15-7-4-10-27-15/h1-7,10,14H,8-9,11-12H2,(H2,20,21,25,26). The molecule has 0 atom stereocenters. The van der Waals surface area contributed by atoms with Gasteiger partial charge in [0.1, 0.15) is 5.76 Å². The topological polar surface area (TPSA) is 102 Å². The molecule has 0 unspecified atom stereocenters. The van der Waals surface area contributed by atoms with Gasteiger partial charge in [-0.1, -0.05) is 42.1 Å². The molecule has 2 aromatic heterocycles. The molecular weight excluding hydrogens is 378 g/mol. The van der Waals surface area contributed by atoms with E-state index < -0.39 is 6.03 Å². The number of aromatic nitrogens is 3. The third-order valence-electron chi connectivity index (χ3n) is 4.14. The van der Waals surface area contributed by atoms with Crippen LogP contribution in [0.1, 0.15) is 18.6 Å². The summed E-state index contributed by atoms with van der Waals surface area (Å²) in [4.78, 5) is 23.8. The third-order valence-corrected chi connectivity index (χ3v) is 5.11. The van der Waals surface area contributed by atoms with Gasteiger partial charge in [-0.3, -0.25) is 14.7 Å². The lowest BCUT2D eigenvalue weighted by Gasteiger charge is -2.09. The van der Waals surface area contributed by atoms with Gasteiger partial charge in [-0.25, -0.2) is 4.79 Å². The molecule has 0 aliphatic heterocycles. The lowest BCUT2D eigenvalue weighted by molar-refractivity contribution is -0.117. The van der Waals surface area contributed by atoms with Crippen molar-refractivity contribution in [3.05, 3.63) is 54.5 Å². The number of imide groups is 1. The highest BCUT2D eigenvalue weighted by Crippen LogP contribution is 2.25. The van der Waals surface area contributed by atoms with E-state index in [4.69, 9.17) is 4.42 Å². The SMILES string of the molecule is O=C(CSc1nnc(-c2ccccc2)n1Cc1ccco1)NC(=O)NC1CC1. The molecule has 1 aromatic carbocycles. The third kappa shape index (κ3) is 4.61. The van der Waals surface area contributed by atoms with Crippen LogP contribution in [0.2, 0.25) is 0 Å². The minimum absolute atomic E-state index is 0.0587. The number of nitrogens with one attached hydrogen (secondary N) is 2. The molecule has 3 aromatic rings. The maximum Gasteiger partial charge on any atom is 0.321 e. The van der Waals surface area contributed by atoms with Crippen LogP contribution in [-0.2, 0) is 11.3 Å². The van der Waals surface area contributed by atoms with Gasteiger partial charge in [-0.15, -0.1) is 10.2 Å².